The van der Waals surface area contributed by atoms with E-state index in [9.17, 15) is 9.59 Å². The summed E-state index contributed by atoms with van der Waals surface area (Å²) < 4.78 is 0. The summed E-state index contributed by atoms with van der Waals surface area (Å²) in [6.07, 6.45) is 0. The molecule has 0 atom stereocenters. The van der Waals surface area contributed by atoms with Crippen molar-refractivity contribution in [2.75, 3.05) is 13.6 Å². The van der Waals surface area contributed by atoms with Gasteiger partial charge in [0.25, 0.3) is 5.91 Å². The summed E-state index contributed by atoms with van der Waals surface area (Å²) in [5.74, 6) is -0.177. The van der Waals surface area contributed by atoms with Gasteiger partial charge in [-0.1, -0.05) is 24.3 Å². The fourth-order valence-electron chi connectivity index (χ4n) is 1.76. The molecular formula is C12H14N2O3. The Balaban J connectivity index is 2.10. The molecule has 1 N–H and O–H groups in total. The van der Waals surface area contributed by atoms with E-state index in [0.717, 1.165) is 11.1 Å². The minimum atomic E-state index is -0.263. The van der Waals surface area contributed by atoms with Crippen molar-refractivity contribution in [3.63, 3.8) is 0 Å². The van der Waals surface area contributed by atoms with Crippen molar-refractivity contribution in [3.8, 4) is 0 Å². The van der Waals surface area contributed by atoms with Crippen molar-refractivity contribution < 1.29 is 14.7 Å². The standard InChI is InChI=1S/C12H14N2O3/c1-13-7-11(16)14(12(13)17)6-9-2-4-10(8-15)5-3-9/h2-5,15H,6-8H2,1H3. The Morgan fingerprint density at radius 1 is 1.18 bits per heavy atom. The van der Waals surface area contributed by atoms with Crippen LogP contribution in [-0.4, -0.2) is 40.4 Å². The van der Waals surface area contributed by atoms with Gasteiger partial charge in [-0.2, -0.15) is 0 Å². The Bertz CT molecular complexity index is 442. The van der Waals surface area contributed by atoms with E-state index < -0.39 is 0 Å². The second-order valence-corrected chi connectivity index (χ2v) is 4.09. The van der Waals surface area contributed by atoms with Crippen LogP contribution < -0.4 is 0 Å². The van der Waals surface area contributed by atoms with E-state index >= 15 is 0 Å². The third-order valence-corrected chi connectivity index (χ3v) is 2.78. The lowest BCUT2D eigenvalue weighted by Crippen LogP contribution is -2.31. The Morgan fingerprint density at radius 3 is 2.24 bits per heavy atom. The highest BCUT2D eigenvalue weighted by Gasteiger charge is 2.33. The van der Waals surface area contributed by atoms with E-state index in [0.29, 0.717) is 0 Å². The molecule has 1 fully saturated rings. The molecule has 0 radical (unpaired) electrons. The molecule has 17 heavy (non-hydrogen) atoms. The largest absolute Gasteiger partial charge is 0.392 e. The number of imide groups is 1. The molecule has 0 aromatic heterocycles. The maximum absolute atomic E-state index is 11.6. The molecule has 90 valence electrons. The van der Waals surface area contributed by atoms with E-state index in [1.165, 1.54) is 9.80 Å². The number of carbonyl (C=O) groups is 2. The first-order valence-electron chi connectivity index (χ1n) is 5.36. The maximum atomic E-state index is 11.6. The molecule has 0 unspecified atom stereocenters. The van der Waals surface area contributed by atoms with Crippen molar-refractivity contribution in [2.45, 2.75) is 13.2 Å². The van der Waals surface area contributed by atoms with Crippen molar-refractivity contribution in [3.05, 3.63) is 35.4 Å². The molecule has 0 aliphatic carbocycles. The number of rotatable bonds is 3. The number of amides is 3. The van der Waals surface area contributed by atoms with E-state index in [2.05, 4.69) is 0 Å². The lowest BCUT2D eigenvalue weighted by molar-refractivity contribution is -0.125. The van der Waals surface area contributed by atoms with Crippen LogP contribution in [0.15, 0.2) is 24.3 Å². The van der Waals surface area contributed by atoms with Crippen LogP contribution >= 0.6 is 0 Å². The fourth-order valence-corrected chi connectivity index (χ4v) is 1.76. The van der Waals surface area contributed by atoms with Gasteiger partial charge in [-0.05, 0) is 11.1 Å². The van der Waals surface area contributed by atoms with Crippen LogP contribution in [0.2, 0.25) is 0 Å². The zero-order chi connectivity index (χ0) is 12.4. The summed E-state index contributed by atoms with van der Waals surface area (Å²) in [5.41, 5.74) is 1.68. The highest BCUT2D eigenvalue weighted by molar-refractivity contribution is 6.01. The predicted molar refractivity (Wildman–Crippen MR) is 60.9 cm³/mol. The quantitative estimate of drug-likeness (QED) is 0.778. The topological polar surface area (TPSA) is 60.9 Å². The lowest BCUT2D eigenvalue weighted by atomic mass is 10.1. The average Bonchev–Trinajstić information content (AvgIpc) is 2.57. The van der Waals surface area contributed by atoms with E-state index in [1.807, 2.05) is 12.1 Å². The second-order valence-electron chi connectivity index (χ2n) is 4.09. The molecular weight excluding hydrogens is 220 g/mol. The van der Waals surface area contributed by atoms with Gasteiger partial charge in [0.05, 0.1) is 13.2 Å². The zero-order valence-electron chi connectivity index (χ0n) is 9.59. The Labute approximate surface area is 99.3 Å². The summed E-state index contributed by atoms with van der Waals surface area (Å²) in [5, 5.41) is 8.91. The predicted octanol–water partition coefficient (Wildman–Crippen LogP) is 0.573. The van der Waals surface area contributed by atoms with Gasteiger partial charge in [0.1, 0.15) is 6.54 Å². The van der Waals surface area contributed by atoms with Gasteiger partial charge in [-0.25, -0.2) is 4.79 Å². The Hall–Kier alpha value is -1.88. The number of nitrogens with zero attached hydrogens (tertiary/aromatic N) is 2. The van der Waals surface area contributed by atoms with Gasteiger partial charge in [0.2, 0.25) is 0 Å². The van der Waals surface area contributed by atoms with Gasteiger partial charge in [0, 0.05) is 7.05 Å². The number of hydrogen-bond donors (Lipinski definition) is 1. The van der Waals surface area contributed by atoms with Gasteiger partial charge >= 0.3 is 6.03 Å². The van der Waals surface area contributed by atoms with Gasteiger partial charge in [0.15, 0.2) is 0 Å². The normalized spacial score (nSPS) is 15.9. The summed E-state index contributed by atoms with van der Waals surface area (Å²) >= 11 is 0. The lowest BCUT2D eigenvalue weighted by Gasteiger charge is -2.14. The number of hydrogen-bond acceptors (Lipinski definition) is 3. The average molecular weight is 234 g/mol. The minimum Gasteiger partial charge on any atom is -0.392 e. The summed E-state index contributed by atoms with van der Waals surface area (Å²) in [4.78, 5) is 25.8. The van der Waals surface area contributed by atoms with E-state index in [-0.39, 0.29) is 31.6 Å². The van der Waals surface area contributed by atoms with Crippen molar-refractivity contribution in [2.24, 2.45) is 0 Å². The van der Waals surface area contributed by atoms with Crippen LogP contribution in [0, 0.1) is 0 Å². The molecule has 2 rings (SSSR count). The SMILES string of the molecule is CN1CC(=O)N(Cc2ccc(CO)cc2)C1=O. The highest BCUT2D eigenvalue weighted by atomic mass is 16.3. The second kappa shape index (κ2) is 4.55. The molecule has 1 aliphatic heterocycles. The van der Waals surface area contributed by atoms with Crippen LogP contribution in [0.1, 0.15) is 11.1 Å². The van der Waals surface area contributed by atoms with Crippen LogP contribution in [0.3, 0.4) is 0 Å². The number of aliphatic hydroxyl groups is 1. The molecule has 1 heterocycles. The number of aliphatic hydroxyl groups excluding tert-OH is 1. The third-order valence-electron chi connectivity index (χ3n) is 2.78. The summed E-state index contributed by atoms with van der Waals surface area (Å²) in [6.45, 7) is 0.422. The number of benzene rings is 1. The molecule has 5 heteroatoms. The molecule has 3 amide bonds. The third kappa shape index (κ3) is 2.29. The minimum absolute atomic E-state index is 0.00933. The van der Waals surface area contributed by atoms with Crippen molar-refractivity contribution in [1.82, 2.24) is 9.80 Å². The first-order valence-corrected chi connectivity index (χ1v) is 5.36. The van der Waals surface area contributed by atoms with E-state index in [1.54, 1.807) is 19.2 Å². The first-order chi connectivity index (χ1) is 8.11. The Kier molecular flexibility index (Phi) is 3.10. The zero-order valence-corrected chi connectivity index (χ0v) is 9.59. The van der Waals surface area contributed by atoms with Gasteiger partial charge in [-0.15, -0.1) is 0 Å². The molecule has 0 bridgehead atoms. The highest BCUT2D eigenvalue weighted by Crippen LogP contribution is 2.13. The van der Waals surface area contributed by atoms with Crippen molar-refractivity contribution in [1.29, 1.82) is 0 Å². The number of urea groups is 1. The molecule has 1 saturated heterocycles. The van der Waals surface area contributed by atoms with Crippen LogP contribution in [0.25, 0.3) is 0 Å². The molecule has 1 aliphatic rings. The number of likely N-dealkylation sites (N-methyl/N-ethyl adjacent to an activating group) is 1. The summed E-state index contributed by atoms with van der Waals surface area (Å²) in [6, 6.07) is 6.92. The van der Waals surface area contributed by atoms with Gasteiger partial charge in [-0.3, -0.25) is 9.69 Å². The van der Waals surface area contributed by atoms with Crippen molar-refractivity contribution >= 4 is 11.9 Å². The van der Waals surface area contributed by atoms with Gasteiger partial charge < -0.3 is 10.0 Å². The van der Waals surface area contributed by atoms with Crippen LogP contribution in [-0.2, 0) is 17.9 Å². The van der Waals surface area contributed by atoms with Crippen LogP contribution in [0.4, 0.5) is 4.79 Å². The number of carbonyl (C=O) groups excluding carboxylic acids is 2. The molecule has 0 spiro atoms. The first kappa shape index (κ1) is 11.6. The monoisotopic (exact) mass is 234 g/mol. The molecule has 0 saturated carbocycles. The molecule has 5 nitrogen and oxygen atoms in total. The molecule has 1 aromatic rings. The maximum Gasteiger partial charge on any atom is 0.327 e. The molecule has 1 aromatic carbocycles. The van der Waals surface area contributed by atoms with Crippen LogP contribution in [0.5, 0.6) is 0 Å². The Morgan fingerprint density at radius 2 is 1.76 bits per heavy atom. The fraction of sp³-hybridized carbons (Fsp3) is 0.333. The smallest absolute Gasteiger partial charge is 0.327 e. The van der Waals surface area contributed by atoms with E-state index in [4.69, 9.17) is 5.11 Å². The summed E-state index contributed by atoms with van der Waals surface area (Å²) in [7, 11) is 1.61.